The van der Waals surface area contributed by atoms with Gasteiger partial charge in [0.2, 0.25) is 0 Å². The second-order valence-electron chi connectivity index (χ2n) is 6.09. The molecule has 1 rings (SSSR count). The van der Waals surface area contributed by atoms with Crippen LogP contribution in [-0.2, 0) is 0 Å². The van der Waals surface area contributed by atoms with E-state index in [4.69, 9.17) is 0 Å². The van der Waals surface area contributed by atoms with Gasteiger partial charge in [0.05, 0.1) is 0 Å². The lowest BCUT2D eigenvalue weighted by molar-refractivity contribution is 0.268. The van der Waals surface area contributed by atoms with Gasteiger partial charge in [-0.3, -0.25) is 0 Å². The Morgan fingerprint density at radius 3 is 2.44 bits per heavy atom. The lowest BCUT2D eigenvalue weighted by Gasteiger charge is -2.35. The summed E-state index contributed by atoms with van der Waals surface area (Å²) < 4.78 is 0. The van der Waals surface area contributed by atoms with Gasteiger partial charge >= 0.3 is 0 Å². The molecule has 0 aliphatic heterocycles. The standard InChI is InChI=1S/C17H29P/c1-7-16(17(4,5)11-12-18-6)15-10-8-9-13(2)14(15)3/h8-10,16,18H,7,11-12H2,1-6H3. The molecule has 0 heterocycles. The SMILES string of the molecule is CCC(c1cccc(C)c1C)C(C)(C)CCPC. The molecule has 1 heteroatoms. The van der Waals surface area contributed by atoms with E-state index in [9.17, 15) is 0 Å². The summed E-state index contributed by atoms with van der Waals surface area (Å²) in [7, 11) is 1.08. The predicted octanol–water partition coefficient (Wildman–Crippen LogP) is 5.52. The lowest BCUT2D eigenvalue weighted by Crippen LogP contribution is -2.23. The monoisotopic (exact) mass is 264 g/mol. The van der Waals surface area contributed by atoms with Crippen molar-refractivity contribution in [3.8, 4) is 0 Å². The summed E-state index contributed by atoms with van der Waals surface area (Å²) in [5, 5.41) is 0. The van der Waals surface area contributed by atoms with E-state index in [-0.39, 0.29) is 0 Å². The topological polar surface area (TPSA) is 0 Å². The second-order valence-corrected chi connectivity index (χ2v) is 7.30. The Labute approximate surface area is 115 Å². The van der Waals surface area contributed by atoms with Crippen LogP contribution in [0.3, 0.4) is 0 Å². The van der Waals surface area contributed by atoms with E-state index in [1.165, 1.54) is 30.1 Å². The van der Waals surface area contributed by atoms with E-state index in [0.717, 1.165) is 8.58 Å². The molecule has 1 aromatic rings. The van der Waals surface area contributed by atoms with Gasteiger partial charge in [-0.15, -0.1) is 8.58 Å². The van der Waals surface area contributed by atoms with Crippen LogP contribution in [0.1, 0.15) is 56.2 Å². The van der Waals surface area contributed by atoms with Crippen molar-refractivity contribution < 1.29 is 0 Å². The highest BCUT2D eigenvalue weighted by atomic mass is 31.1. The first kappa shape index (κ1) is 15.7. The molecule has 0 nitrogen and oxygen atoms in total. The number of aryl methyl sites for hydroxylation is 1. The summed E-state index contributed by atoms with van der Waals surface area (Å²) >= 11 is 0. The Morgan fingerprint density at radius 1 is 1.22 bits per heavy atom. The Kier molecular flexibility index (Phi) is 5.86. The summed E-state index contributed by atoms with van der Waals surface area (Å²) in [6.07, 6.45) is 3.95. The van der Waals surface area contributed by atoms with Gasteiger partial charge < -0.3 is 0 Å². The number of benzene rings is 1. The lowest BCUT2D eigenvalue weighted by atomic mass is 9.70. The van der Waals surface area contributed by atoms with E-state index in [1.54, 1.807) is 5.56 Å². The molecule has 0 spiro atoms. The molecular weight excluding hydrogens is 235 g/mol. The third kappa shape index (κ3) is 3.58. The largest absolute Gasteiger partial charge is 0.125 e. The van der Waals surface area contributed by atoms with E-state index in [1.807, 2.05) is 0 Å². The molecule has 0 N–H and O–H groups in total. The van der Waals surface area contributed by atoms with Crippen LogP contribution in [0.4, 0.5) is 0 Å². The van der Waals surface area contributed by atoms with Crippen LogP contribution in [0, 0.1) is 19.3 Å². The molecule has 1 aromatic carbocycles. The van der Waals surface area contributed by atoms with Gasteiger partial charge in [-0.2, -0.15) is 0 Å². The highest BCUT2D eigenvalue weighted by molar-refractivity contribution is 7.36. The van der Waals surface area contributed by atoms with Crippen LogP contribution >= 0.6 is 8.58 Å². The van der Waals surface area contributed by atoms with Crippen molar-refractivity contribution in [2.45, 2.75) is 53.4 Å². The fraction of sp³-hybridized carbons (Fsp3) is 0.647. The molecular formula is C17H29P. The molecule has 0 aliphatic rings. The first-order valence-corrected chi connectivity index (χ1v) is 8.85. The minimum absolute atomic E-state index is 0.413. The maximum atomic E-state index is 2.45. The fourth-order valence-corrected chi connectivity index (χ4v) is 3.86. The van der Waals surface area contributed by atoms with Crippen LogP contribution in [0.15, 0.2) is 18.2 Å². The maximum Gasteiger partial charge on any atom is -0.0110 e. The molecule has 0 fully saturated rings. The molecule has 2 atom stereocenters. The van der Waals surface area contributed by atoms with E-state index in [2.05, 4.69) is 59.5 Å². The second kappa shape index (κ2) is 6.71. The fourth-order valence-electron chi connectivity index (χ4n) is 2.97. The average Bonchev–Trinajstić information content (AvgIpc) is 2.32. The minimum atomic E-state index is 0.413. The van der Waals surface area contributed by atoms with Crippen molar-refractivity contribution in [1.82, 2.24) is 0 Å². The highest BCUT2D eigenvalue weighted by Gasteiger charge is 2.29. The van der Waals surface area contributed by atoms with Crippen molar-refractivity contribution in [3.05, 3.63) is 34.9 Å². The molecule has 2 unspecified atom stereocenters. The molecule has 0 amide bonds. The Balaban J connectivity index is 3.05. The van der Waals surface area contributed by atoms with Gasteiger partial charge in [0.25, 0.3) is 0 Å². The average molecular weight is 264 g/mol. The van der Waals surface area contributed by atoms with E-state index in [0.29, 0.717) is 11.3 Å². The Morgan fingerprint density at radius 2 is 1.89 bits per heavy atom. The van der Waals surface area contributed by atoms with Crippen molar-refractivity contribution in [2.75, 3.05) is 12.8 Å². The van der Waals surface area contributed by atoms with Crippen LogP contribution in [0.25, 0.3) is 0 Å². The van der Waals surface area contributed by atoms with Crippen molar-refractivity contribution >= 4 is 8.58 Å². The first-order valence-electron chi connectivity index (χ1n) is 7.14. The third-order valence-electron chi connectivity index (χ3n) is 4.39. The predicted molar refractivity (Wildman–Crippen MR) is 86.5 cm³/mol. The van der Waals surface area contributed by atoms with Gasteiger partial charge in [-0.05, 0) is 67.5 Å². The molecule has 0 bridgehead atoms. The zero-order chi connectivity index (χ0) is 13.8. The van der Waals surface area contributed by atoms with E-state index < -0.39 is 0 Å². The van der Waals surface area contributed by atoms with Gasteiger partial charge in [0, 0.05) is 0 Å². The van der Waals surface area contributed by atoms with Gasteiger partial charge in [-0.25, -0.2) is 0 Å². The van der Waals surface area contributed by atoms with Gasteiger partial charge in [-0.1, -0.05) is 39.0 Å². The number of hydrogen-bond acceptors (Lipinski definition) is 0. The zero-order valence-corrected chi connectivity index (χ0v) is 13.9. The van der Waals surface area contributed by atoms with Crippen LogP contribution in [0.2, 0.25) is 0 Å². The molecule has 0 saturated carbocycles. The molecule has 18 heavy (non-hydrogen) atoms. The quantitative estimate of drug-likeness (QED) is 0.593. The molecule has 0 aromatic heterocycles. The maximum absolute atomic E-state index is 2.45. The van der Waals surface area contributed by atoms with Crippen LogP contribution in [0.5, 0.6) is 0 Å². The van der Waals surface area contributed by atoms with Crippen molar-refractivity contribution in [2.24, 2.45) is 5.41 Å². The molecule has 0 radical (unpaired) electrons. The highest BCUT2D eigenvalue weighted by Crippen LogP contribution is 2.43. The summed E-state index contributed by atoms with van der Waals surface area (Å²) in [5.74, 6) is 0.689. The normalized spacial score (nSPS) is 14.3. The number of rotatable bonds is 6. The number of hydrogen-bond donors (Lipinski definition) is 0. The van der Waals surface area contributed by atoms with Crippen molar-refractivity contribution in [1.29, 1.82) is 0 Å². The summed E-state index contributed by atoms with van der Waals surface area (Å²) in [4.78, 5) is 0. The summed E-state index contributed by atoms with van der Waals surface area (Å²) in [6, 6.07) is 6.79. The Hall–Kier alpha value is -0.350. The van der Waals surface area contributed by atoms with Crippen molar-refractivity contribution in [3.63, 3.8) is 0 Å². The summed E-state index contributed by atoms with van der Waals surface area (Å²) in [5.41, 5.74) is 4.91. The van der Waals surface area contributed by atoms with Gasteiger partial charge in [0.1, 0.15) is 0 Å². The third-order valence-corrected chi connectivity index (χ3v) is 5.14. The van der Waals surface area contributed by atoms with Crippen LogP contribution < -0.4 is 0 Å². The van der Waals surface area contributed by atoms with Crippen LogP contribution in [-0.4, -0.2) is 12.8 Å². The molecule has 102 valence electrons. The summed E-state index contributed by atoms with van der Waals surface area (Å²) in [6.45, 7) is 14.1. The van der Waals surface area contributed by atoms with Gasteiger partial charge in [0.15, 0.2) is 0 Å². The molecule has 0 saturated heterocycles. The molecule has 0 aliphatic carbocycles. The smallest absolute Gasteiger partial charge is 0.0110 e. The minimum Gasteiger partial charge on any atom is -0.125 e. The zero-order valence-electron chi connectivity index (χ0n) is 12.9. The first-order chi connectivity index (χ1) is 8.44. The Bertz CT molecular complexity index is 379. The van der Waals surface area contributed by atoms with E-state index >= 15 is 0 Å².